The number of benzene rings is 1. The van der Waals surface area contributed by atoms with E-state index in [2.05, 4.69) is 0 Å². The molecular formula is C14H15NO4. The largest absolute Gasteiger partial charge is 0.480 e. The number of hydrogen-bond donors (Lipinski definition) is 1. The summed E-state index contributed by atoms with van der Waals surface area (Å²) in [5.74, 6) is -2.38. The van der Waals surface area contributed by atoms with Gasteiger partial charge in [0.2, 0.25) is 11.8 Å². The third kappa shape index (κ3) is 2.81. The van der Waals surface area contributed by atoms with E-state index in [1.807, 2.05) is 31.2 Å². The predicted octanol–water partition coefficient (Wildman–Crippen LogP) is 0.997. The fraction of sp³-hybridized carbons (Fsp3) is 0.357. The van der Waals surface area contributed by atoms with Crippen LogP contribution in [0.2, 0.25) is 0 Å². The maximum Gasteiger partial charge on any atom is 0.323 e. The molecular weight excluding hydrogens is 246 g/mol. The fourth-order valence-electron chi connectivity index (χ4n) is 2.32. The summed E-state index contributed by atoms with van der Waals surface area (Å²) in [6, 6.07) is 7.67. The minimum Gasteiger partial charge on any atom is -0.480 e. The number of imide groups is 1. The Morgan fingerprint density at radius 2 is 2.05 bits per heavy atom. The van der Waals surface area contributed by atoms with Crippen LogP contribution in [0.3, 0.4) is 0 Å². The monoisotopic (exact) mass is 261 g/mol. The molecule has 1 N–H and O–H groups in total. The average molecular weight is 261 g/mol. The molecule has 1 heterocycles. The second-order valence-corrected chi connectivity index (χ2v) is 4.74. The number of nitrogens with zero attached hydrogens (tertiary/aromatic N) is 1. The van der Waals surface area contributed by atoms with Crippen LogP contribution in [-0.4, -0.2) is 34.3 Å². The molecule has 1 aliphatic rings. The third-order valence-corrected chi connectivity index (χ3v) is 3.36. The number of carboxylic acid groups (broad SMARTS) is 1. The molecule has 1 aromatic rings. The van der Waals surface area contributed by atoms with E-state index in [1.54, 1.807) is 0 Å². The summed E-state index contributed by atoms with van der Waals surface area (Å²) in [7, 11) is 0. The second kappa shape index (κ2) is 5.22. The summed E-state index contributed by atoms with van der Waals surface area (Å²) in [6.45, 7) is 1.41. The highest BCUT2D eigenvalue weighted by atomic mass is 16.4. The van der Waals surface area contributed by atoms with E-state index in [-0.39, 0.29) is 12.3 Å². The molecule has 5 nitrogen and oxygen atoms in total. The molecule has 19 heavy (non-hydrogen) atoms. The van der Waals surface area contributed by atoms with Gasteiger partial charge < -0.3 is 5.11 Å². The van der Waals surface area contributed by atoms with Crippen molar-refractivity contribution in [2.24, 2.45) is 5.92 Å². The second-order valence-electron chi connectivity index (χ2n) is 4.74. The molecule has 1 aliphatic heterocycles. The topological polar surface area (TPSA) is 74.7 Å². The van der Waals surface area contributed by atoms with E-state index in [4.69, 9.17) is 5.11 Å². The number of carbonyl (C=O) groups excluding carboxylic acids is 2. The fourth-order valence-corrected chi connectivity index (χ4v) is 2.32. The first kappa shape index (κ1) is 13.3. The zero-order chi connectivity index (χ0) is 14.0. The van der Waals surface area contributed by atoms with Crippen molar-refractivity contribution in [1.29, 1.82) is 0 Å². The Morgan fingerprint density at radius 3 is 2.68 bits per heavy atom. The zero-order valence-corrected chi connectivity index (χ0v) is 10.6. The van der Waals surface area contributed by atoms with Gasteiger partial charge in [-0.25, -0.2) is 0 Å². The van der Waals surface area contributed by atoms with Crippen LogP contribution >= 0.6 is 0 Å². The van der Waals surface area contributed by atoms with E-state index >= 15 is 0 Å². The summed E-state index contributed by atoms with van der Waals surface area (Å²) < 4.78 is 0. The van der Waals surface area contributed by atoms with Crippen molar-refractivity contribution in [1.82, 2.24) is 4.90 Å². The zero-order valence-electron chi connectivity index (χ0n) is 10.6. The summed E-state index contributed by atoms with van der Waals surface area (Å²) in [5.41, 5.74) is 2.09. The Hall–Kier alpha value is -2.17. The number of hydrogen-bond acceptors (Lipinski definition) is 3. The van der Waals surface area contributed by atoms with Crippen molar-refractivity contribution < 1.29 is 19.5 Å². The lowest BCUT2D eigenvalue weighted by Crippen LogP contribution is -2.35. The molecule has 1 saturated heterocycles. The summed E-state index contributed by atoms with van der Waals surface area (Å²) >= 11 is 0. The van der Waals surface area contributed by atoms with E-state index in [9.17, 15) is 14.4 Å². The Morgan fingerprint density at radius 1 is 1.37 bits per heavy atom. The number of carbonyl (C=O) groups is 3. The van der Waals surface area contributed by atoms with Crippen LogP contribution in [0.25, 0.3) is 0 Å². The first-order chi connectivity index (χ1) is 8.99. The number of aryl methyl sites for hydroxylation is 1. The molecule has 0 saturated carbocycles. The Labute approximate surface area is 110 Å². The lowest BCUT2D eigenvalue weighted by Gasteiger charge is -2.13. The van der Waals surface area contributed by atoms with Crippen molar-refractivity contribution in [2.45, 2.75) is 19.8 Å². The lowest BCUT2D eigenvalue weighted by molar-refractivity contribution is -0.149. The van der Waals surface area contributed by atoms with Gasteiger partial charge in [-0.05, 0) is 24.5 Å². The molecule has 1 aromatic carbocycles. The Kier molecular flexibility index (Phi) is 3.64. The number of amides is 2. The van der Waals surface area contributed by atoms with Crippen LogP contribution in [0, 0.1) is 12.8 Å². The van der Waals surface area contributed by atoms with Gasteiger partial charge in [-0.1, -0.05) is 24.3 Å². The van der Waals surface area contributed by atoms with Gasteiger partial charge in [0.15, 0.2) is 0 Å². The molecule has 0 radical (unpaired) electrons. The molecule has 100 valence electrons. The van der Waals surface area contributed by atoms with E-state index in [0.717, 1.165) is 16.0 Å². The molecule has 2 rings (SSSR count). The minimum absolute atomic E-state index is 0.0977. The van der Waals surface area contributed by atoms with E-state index < -0.39 is 24.3 Å². The molecule has 1 unspecified atom stereocenters. The highest BCUT2D eigenvalue weighted by molar-refractivity contribution is 6.05. The molecule has 0 aromatic heterocycles. The van der Waals surface area contributed by atoms with Crippen molar-refractivity contribution in [2.75, 3.05) is 6.54 Å². The summed E-state index contributed by atoms with van der Waals surface area (Å²) in [6.07, 6.45) is 0.577. The quantitative estimate of drug-likeness (QED) is 0.820. The van der Waals surface area contributed by atoms with Crippen LogP contribution in [0.4, 0.5) is 0 Å². The molecule has 0 bridgehead atoms. The minimum atomic E-state index is -1.17. The molecule has 1 atom stereocenters. The van der Waals surface area contributed by atoms with Gasteiger partial charge in [0.1, 0.15) is 6.54 Å². The van der Waals surface area contributed by atoms with Crippen molar-refractivity contribution in [3.63, 3.8) is 0 Å². The highest BCUT2D eigenvalue weighted by Gasteiger charge is 2.39. The number of carboxylic acids is 1. The molecule has 0 aliphatic carbocycles. The Balaban J connectivity index is 2.11. The maximum atomic E-state index is 12.0. The maximum absolute atomic E-state index is 12.0. The SMILES string of the molecule is Cc1ccccc1CC1CC(=O)N(CC(=O)O)C1=O. The smallest absolute Gasteiger partial charge is 0.323 e. The van der Waals surface area contributed by atoms with Gasteiger partial charge in [0.05, 0.1) is 5.92 Å². The summed E-state index contributed by atoms with van der Waals surface area (Å²) in [4.78, 5) is 35.1. The van der Waals surface area contributed by atoms with Gasteiger partial charge in [-0.2, -0.15) is 0 Å². The van der Waals surface area contributed by atoms with Gasteiger partial charge in [-0.15, -0.1) is 0 Å². The first-order valence-electron chi connectivity index (χ1n) is 6.09. The molecule has 1 fully saturated rings. The Bertz CT molecular complexity index is 538. The van der Waals surface area contributed by atoms with Crippen LogP contribution in [0.15, 0.2) is 24.3 Å². The molecule has 0 spiro atoms. The van der Waals surface area contributed by atoms with Crippen LogP contribution < -0.4 is 0 Å². The van der Waals surface area contributed by atoms with Gasteiger partial charge >= 0.3 is 5.97 Å². The average Bonchev–Trinajstić information content (AvgIpc) is 2.60. The van der Waals surface area contributed by atoms with Crippen molar-refractivity contribution >= 4 is 17.8 Å². The van der Waals surface area contributed by atoms with E-state index in [1.165, 1.54) is 0 Å². The van der Waals surface area contributed by atoms with Crippen molar-refractivity contribution in [3.8, 4) is 0 Å². The van der Waals surface area contributed by atoms with Crippen LogP contribution in [0.1, 0.15) is 17.5 Å². The standard InChI is InChI=1S/C14H15NO4/c1-9-4-2-3-5-10(9)6-11-7-12(16)15(14(11)19)8-13(17)18/h2-5,11H,6-8H2,1H3,(H,17,18). The third-order valence-electron chi connectivity index (χ3n) is 3.36. The van der Waals surface area contributed by atoms with Crippen molar-refractivity contribution in [3.05, 3.63) is 35.4 Å². The van der Waals surface area contributed by atoms with Gasteiger partial charge in [0.25, 0.3) is 0 Å². The van der Waals surface area contributed by atoms with Gasteiger partial charge in [-0.3, -0.25) is 19.3 Å². The number of rotatable bonds is 4. The molecule has 5 heteroatoms. The predicted molar refractivity (Wildman–Crippen MR) is 67.3 cm³/mol. The van der Waals surface area contributed by atoms with Gasteiger partial charge in [0, 0.05) is 6.42 Å². The van der Waals surface area contributed by atoms with Crippen LogP contribution in [-0.2, 0) is 20.8 Å². The number of likely N-dealkylation sites (tertiary alicyclic amines) is 1. The number of aliphatic carboxylic acids is 1. The normalized spacial score (nSPS) is 19.0. The highest BCUT2D eigenvalue weighted by Crippen LogP contribution is 2.24. The van der Waals surface area contributed by atoms with Crippen LogP contribution in [0.5, 0.6) is 0 Å². The lowest BCUT2D eigenvalue weighted by atomic mass is 9.95. The van der Waals surface area contributed by atoms with E-state index in [0.29, 0.717) is 6.42 Å². The molecule has 2 amide bonds. The summed E-state index contributed by atoms with van der Waals surface area (Å²) in [5, 5.41) is 8.68. The first-order valence-corrected chi connectivity index (χ1v) is 6.09.